The minimum absolute atomic E-state index is 0.142. The Morgan fingerprint density at radius 2 is 2.06 bits per heavy atom. The molecule has 3 heteroatoms. The van der Waals surface area contributed by atoms with Crippen molar-refractivity contribution < 1.29 is 4.79 Å². The van der Waals surface area contributed by atoms with E-state index in [9.17, 15) is 4.79 Å². The SMILES string of the molecule is CN(C)C(=O)CC/C=C/c1ccccc1Cl. The summed E-state index contributed by atoms with van der Waals surface area (Å²) in [5, 5.41) is 0.734. The first-order chi connectivity index (χ1) is 7.61. The second-order valence-electron chi connectivity index (χ2n) is 3.75. The van der Waals surface area contributed by atoms with E-state index in [4.69, 9.17) is 11.6 Å². The minimum atomic E-state index is 0.142. The normalized spacial score (nSPS) is 10.7. The molecule has 0 aliphatic carbocycles. The Morgan fingerprint density at radius 3 is 2.69 bits per heavy atom. The fourth-order valence-electron chi connectivity index (χ4n) is 1.25. The van der Waals surface area contributed by atoms with Crippen molar-refractivity contribution >= 4 is 23.6 Å². The summed E-state index contributed by atoms with van der Waals surface area (Å²) < 4.78 is 0. The lowest BCUT2D eigenvalue weighted by atomic mass is 10.2. The minimum Gasteiger partial charge on any atom is -0.349 e. The van der Waals surface area contributed by atoms with E-state index in [0.717, 1.165) is 17.0 Å². The number of nitrogens with zero attached hydrogens (tertiary/aromatic N) is 1. The Balaban J connectivity index is 2.44. The lowest BCUT2D eigenvalue weighted by molar-refractivity contribution is -0.128. The van der Waals surface area contributed by atoms with E-state index in [1.165, 1.54) is 0 Å². The van der Waals surface area contributed by atoms with Crippen LogP contribution in [-0.2, 0) is 4.79 Å². The van der Waals surface area contributed by atoms with Crippen molar-refractivity contribution in [2.24, 2.45) is 0 Å². The number of hydrogen-bond acceptors (Lipinski definition) is 1. The highest BCUT2D eigenvalue weighted by molar-refractivity contribution is 6.32. The van der Waals surface area contributed by atoms with Gasteiger partial charge in [-0.3, -0.25) is 4.79 Å². The Bertz CT molecular complexity index is 385. The number of benzene rings is 1. The molecule has 1 aromatic rings. The van der Waals surface area contributed by atoms with Gasteiger partial charge in [0.15, 0.2) is 0 Å². The molecular weight excluding hydrogens is 222 g/mol. The molecule has 0 aromatic heterocycles. The molecule has 0 saturated carbocycles. The van der Waals surface area contributed by atoms with E-state index >= 15 is 0 Å². The first-order valence-electron chi connectivity index (χ1n) is 5.22. The monoisotopic (exact) mass is 237 g/mol. The highest BCUT2D eigenvalue weighted by atomic mass is 35.5. The van der Waals surface area contributed by atoms with Crippen LogP contribution in [0.4, 0.5) is 0 Å². The second-order valence-corrected chi connectivity index (χ2v) is 4.16. The van der Waals surface area contributed by atoms with Gasteiger partial charge in [-0.25, -0.2) is 0 Å². The summed E-state index contributed by atoms with van der Waals surface area (Å²) in [5.74, 6) is 0.142. The highest BCUT2D eigenvalue weighted by Crippen LogP contribution is 2.16. The Kier molecular flexibility index (Phi) is 5.06. The summed E-state index contributed by atoms with van der Waals surface area (Å²) in [6.45, 7) is 0. The van der Waals surface area contributed by atoms with Crippen molar-refractivity contribution in [2.45, 2.75) is 12.8 Å². The quantitative estimate of drug-likeness (QED) is 0.788. The van der Waals surface area contributed by atoms with Crippen molar-refractivity contribution in [3.63, 3.8) is 0 Å². The lowest BCUT2D eigenvalue weighted by Crippen LogP contribution is -2.20. The van der Waals surface area contributed by atoms with Crippen LogP contribution in [0.3, 0.4) is 0 Å². The molecule has 0 spiro atoms. The second kappa shape index (κ2) is 6.33. The van der Waals surface area contributed by atoms with Gasteiger partial charge in [0.25, 0.3) is 0 Å². The molecule has 86 valence electrons. The van der Waals surface area contributed by atoms with E-state index in [-0.39, 0.29) is 5.91 Å². The van der Waals surface area contributed by atoms with Gasteiger partial charge in [0.05, 0.1) is 0 Å². The van der Waals surface area contributed by atoms with Gasteiger partial charge in [-0.1, -0.05) is 42.0 Å². The summed E-state index contributed by atoms with van der Waals surface area (Å²) >= 11 is 5.99. The van der Waals surface area contributed by atoms with Crippen LogP contribution in [-0.4, -0.2) is 24.9 Å². The van der Waals surface area contributed by atoms with Gasteiger partial charge in [0.2, 0.25) is 5.91 Å². The van der Waals surface area contributed by atoms with Crippen molar-refractivity contribution in [3.8, 4) is 0 Å². The first-order valence-corrected chi connectivity index (χ1v) is 5.60. The first kappa shape index (κ1) is 12.8. The molecule has 0 N–H and O–H groups in total. The molecule has 0 atom stereocenters. The molecule has 0 fully saturated rings. The van der Waals surface area contributed by atoms with Crippen molar-refractivity contribution in [1.82, 2.24) is 4.90 Å². The largest absolute Gasteiger partial charge is 0.349 e. The van der Waals surface area contributed by atoms with Gasteiger partial charge in [0.1, 0.15) is 0 Å². The molecule has 1 amide bonds. The van der Waals surface area contributed by atoms with Gasteiger partial charge in [0, 0.05) is 25.5 Å². The van der Waals surface area contributed by atoms with Gasteiger partial charge in [-0.2, -0.15) is 0 Å². The van der Waals surface area contributed by atoms with Crippen LogP contribution in [0.5, 0.6) is 0 Å². The maximum atomic E-state index is 11.3. The van der Waals surface area contributed by atoms with Crippen LogP contribution in [0, 0.1) is 0 Å². The molecule has 0 saturated heterocycles. The smallest absolute Gasteiger partial charge is 0.222 e. The number of amides is 1. The fraction of sp³-hybridized carbons (Fsp3) is 0.308. The average molecular weight is 238 g/mol. The standard InChI is InChI=1S/C13H16ClNO/c1-15(2)13(16)10-6-4-8-11-7-3-5-9-12(11)14/h3-5,7-9H,6,10H2,1-2H3/b8-4+. The van der Waals surface area contributed by atoms with Gasteiger partial charge in [-0.15, -0.1) is 0 Å². The summed E-state index contributed by atoms with van der Waals surface area (Å²) in [6, 6.07) is 7.64. The molecular formula is C13H16ClNO. The zero-order valence-corrected chi connectivity index (χ0v) is 10.4. The number of allylic oxidation sites excluding steroid dienone is 1. The van der Waals surface area contributed by atoms with E-state index in [1.807, 2.05) is 36.4 Å². The van der Waals surface area contributed by atoms with Crippen molar-refractivity contribution in [3.05, 3.63) is 40.9 Å². The van der Waals surface area contributed by atoms with Crippen LogP contribution >= 0.6 is 11.6 Å². The van der Waals surface area contributed by atoms with Gasteiger partial charge < -0.3 is 4.90 Å². The van der Waals surface area contributed by atoms with Gasteiger partial charge >= 0.3 is 0 Å². The third-order valence-corrected chi connectivity index (χ3v) is 2.57. The molecule has 0 aliphatic heterocycles. The maximum absolute atomic E-state index is 11.3. The molecule has 0 heterocycles. The molecule has 1 rings (SSSR count). The summed E-state index contributed by atoms with van der Waals surface area (Å²) in [7, 11) is 3.53. The number of halogens is 1. The molecule has 0 unspecified atom stereocenters. The molecule has 0 bridgehead atoms. The Labute approximate surface area is 102 Å². The van der Waals surface area contributed by atoms with E-state index in [1.54, 1.807) is 19.0 Å². The van der Waals surface area contributed by atoms with Crippen LogP contribution < -0.4 is 0 Å². The van der Waals surface area contributed by atoms with Crippen LogP contribution in [0.15, 0.2) is 30.3 Å². The highest BCUT2D eigenvalue weighted by Gasteiger charge is 2.00. The molecule has 0 aliphatic rings. The number of carbonyl (C=O) groups excluding carboxylic acids is 1. The third kappa shape index (κ3) is 4.07. The predicted octanol–water partition coefficient (Wildman–Crippen LogP) is 3.22. The topological polar surface area (TPSA) is 20.3 Å². The fourth-order valence-corrected chi connectivity index (χ4v) is 1.45. The van der Waals surface area contributed by atoms with Crippen LogP contribution in [0.2, 0.25) is 5.02 Å². The van der Waals surface area contributed by atoms with Crippen molar-refractivity contribution in [1.29, 1.82) is 0 Å². The van der Waals surface area contributed by atoms with Crippen LogP contribution in [0.1, 0.15) is 18.4 Å². The zero-order chi connectivity index (χ0) is 12.0. The third-order valence-electron chi connectivity index (χ3n) is 2.23. The average Bonchev–Trinajstić information content (AvgIpc) is 2.26. The molecule has 0 radical (unpaired) electrons. The summed E-state index contributed by atoms with van der Waals surface area (Å²) in [6.07, 6.45) is 5.20. The van der Waals surface area contributed by atoms with E-state index in [2.05, 4.69) is 0 Å². The lowest BCUT2D eigenvalue weighted by Gasteiger charge is -2.08. The maximum Gasteiger partial charge on any atom is 0.222 e. The number of rotatable bonds is 4. The van der Waals surface area contributed by atoms with Crippen molar-refractivity contribution in [2.75, 3.05) is 14.1 Å². The Morgan fingerprint density at radius 1 is 1.38 bits per heavy atom. The Hall–Kier alpha value is -1.28. The number of carbonyl (C=O) groups is 1. The molecule has 1 aromatic carbocycles. The summed E-state index contributed by atoms with van der Waals surface area (Å²) in [5.41, 5.74) is 0.987. The van der Waals surface area contributed by atoms with E-state index in [0.29, 0.717) is 6.42 Å². The van der Waals surface area contributed by atoms with Crippen LogP contribution in [0.25, 0.3) is 6.08 Å². The van der Waals surface area contributed by atoms with Gasteiger partial charge in [-0.05, 0) is 18.1 Å². The summed E-state index contributed by atoms with van der Waals surface area (Å²) in [4.78, 5) is 12.9. The van der Waals surface area contributed by atoms with E-state index < -0.39 is 0 Å². The molecule has 2 nitrogen and oxygen atoms in total. The predicted molar refractivity (Wildman–Crippen MR) is 68.4 cm³/mol. The molecule has 16 heavy (non-hydrogen) atoms. The zero-order valence-electron chi connectivity index (χ0n) is 9.61. The number of hydrogen-bond donors (Lipinski definition) is 0.